The average Bonchev–Trinajstić information content (AvgIpc) is 2.18. The van der Waals surface area contributed by atoms with Crippen LogP contribution in [-0.4, -0.2) is 11.7 Å². The van der Waals surface area contributed by atoms with E-state index in [2.05, 4.69) is 0 Å². The third kappa shape index (κ3) is 3.62. The van der Waals surface area contributed by atoms with Crippen molar-refractivity contribution in [1.29, 1.82) is 0 Å². The van der Waals surface area contributed by atoms with Crippen molar-refractivity contribution in [2.24, 2.45) is 0 Å². The van der Waals surface area contributed by atoms with Gasteiger partial charge in [0.05, 0.1) is 6.61 Å². The fourth-order valence-electron chi connectivity index (χ4n) is 0.996. The number of aliphatic hydroxyl groups excluding tert-OH is 1. The van der Waals surface area contributed by atoms with Gasteiger partial charge in [0.2, 0.25) is 0 Å². The average molecular weight is 192 g/mol. The van der Waals surface area contributed by atoms with E-state index in [0.717, 1.165) is 11.3 Å². The van der Waals surface area contributed by atoms with Crippen molar-refractivity contribution < 1.29 is 9.84 Å². The molecular formula is C12H16O2. The molecule has 0 bridgehead atoms. The van der Waals surface area contributed by atoms with Crippen molar-refractivity contribution in [1.82, 2.24) is 0 Å². The molecule has 14 heavy (non-hydrogen) atoms. The molecule has 0 amide bonds. The van der Waals surface area contributed by atoms with Crippen LogP contribution in [-0.2, 0) is 6.61 Å². The lowest BCUT2D eigenvalue weighted by Gasteiger charge is -2.03. The predicted octanol–water partition coefficient (Wildman–Crippen LogP) is 2.52. The number of ether oxygens (including phenoxy) is 1. The summed E-state index contributed by atoms with van der Waals surface area (Å²) in [5, 5.41) is 8.83. The van der Waals surface area contributed by atoms with E-state index in [0.29, 0.717) is 6.61 Å². The minimum Gasteiger partial charge on any atom is -0.490 e. The van der Waals surface area contributed by atoms with Crippen molar-refractivity contribution in [3.05, 3.63) is 41.5 Å². The first-order valence-corrected chi connectivity index (χ1v) is 4.68. The largest absolute Gasteiger partial charge is 0.490 e. The highest BCUT2D eigenvalue weighted by Gasteiger charge is 1.92. The van der Waals surface area contributed by atoms with Crippen molar-refractivity contribution in [3.63, 3.8) is 0 Å². The first-order valence-electron chi connectivity index (χ1n) is 4.68. The Hall–Kier alpha value is -1.28. The second-order valence-electron chi connectivity index (χ2n) is 3.39. The molecule has 2 heteroatoms. The highest BCUT2D eigenvalue weighted by molar-refractivity contribution is 5.26. The fourth-order valence-corrected chi connectivity index (χ4v) is 0.996. The van der Waals surface area contributed by atoms with Gasteiger partial charge in [0.15, 0.2) is 0 Å². The Kier molecular flexibility index (Phi) is 4.20. The van der Waals surface area contributed by atoms with Gasteiger partial charge in [-0.1, -0.05) is 17.7 Å². The number of benzene rings is 1. The first-order chi connectivity index (χ1) is 6.72. The Morgan fingerprint density at radius 2 is 1.93 bits per heavy atom. The van der Waals surface area contributed by atoms with Gasteiger partial charge in [0.25, 0.3) is 0 Å². The van der Waals surface area contributed by atoms with Crippen LogP contribution in [0.3, 0.4) is 0 Å². The lowest BCUT2D eigenvalue weighted by Crippen LogP contribution is -1.94. The maximum atomic E-state index is 8.83. The molecule has 1 N–H and O–H groups in total. The predicted molar refractivity (Wildman–Crippen MR) is 57.3 cm³/mol. The molecule has 0 aliphatic heterocycles. The molecule has 0 heterocycles. The number of hydrogen-bond acceptors (Lipinski definition) is 2. The van der Waals surface area contributed by atoms with E-state index in [4.69, 9.17) is 9.84 Å². The van der Waals surface area contributed by atoms with E-state index >= 15 is 0 Å². The van der Waals surface area contributed by atoms with Gasteiger partial charge in [0, 0.05) is 0 Å². The van der Waals surface area contributed by atoms with Gasteiger partial charge < -0.3 is 9.84 Å². The number of allylic oxidation sites excluding steroid dienone is 1. The molecule has 0 saturated heterocycles. The van der Waals surface area contributed by atoms with Crippen molar-refractivity contribution >= 4 is 0 Å². The van der Waals surface area contributed by atoms with Gasteiger partial charge in [0.1, 0.15) is 12.4 Å². The molecule has 1 aromatic rings. The summed E-state index contributed by atoms with van der Waals surface area (Å²) in [5.41, 5.74) is 2.15. The van der Waals surface area contributed by atoms with Gasteiger partial charge in [-0.3, -0.25) is 0 Å². The highest BCUT2D eigenvalue weighted by Crippen LogP contribution is 2.12. The molecular weight excluding hydrogens is 176 g/mol. The van der Waals surface area contributed by atoms with Crippen LogP contribution in [0.1, 0.15) is 19.4 Å². The van der Waals surface area contributed by atoms with Crippen LogP contribution in [0.25, 0.3) is 0 Å². The van der Waals surface area contributed by atoms with Crippen LogP contribution in [0.4, 0.5) is 0 Å². The molecule has 1 rings (SSSR count). The quantitative estimate of drug-likeness (QED) is 0.743. The summed E-state index contributed by atoms with van der Waals surface area (Å²) in [6, 6.07) is 7.45. The maximum absolute atomic E-state index is 8.83. The Morgan fingerprint density at radius 3 is 2.43 bits per heavy atom. The molecule has 76 valence electrons. The van der Waals surface area contributed by atoms with Crippen LogP contribution in [0, 0.1) is 0 Å². The van der Waals surface area contributed by atoms with E-state index in [1.54, 1.807) is 0 Å². The molecule has 0 saturated carbocycles. The molecule has 0 aromatic heterocycles. The van der Waals surface area contributed by atoms with Crippen LogP contribution in [0.2, 0.25) is 0 Å². The Bertz CT molecular complexity index is 295. The monoisotopic (exact) mass is 192 g/mol. The minimum atomic E-state index is 0.0776. The zero-order chi connectivity index (χ0) is 10.4. The summed E-state index contributed by atoms with van der Waals surface area (Å²) in [6.45, 7) is 4.76. The normalized spacial score (nSPS) is 9.64. The zero-order valence-electron chi connectivity index (χ0n) is 8.66. The molecule has 0 aliphatic carbocycles. The van der Waals surface area contributed by atoms with Crippen molar-refractivity contribution in [2.45, 2.75) is 20.5 Å². The van der Waals surface area contributed by atoms with E-state index in [-0.39, 0.29) is 6.61 Å². The smallest absolute Gasteiger partial charge is 0.119 e. The fraction of sp³-hybridized carbons (Fsp3) is 0.333. The topological polar surface area (TPSA) is 29.5 Å². The summed E-state index contributed by atoms with van der Waals surface area (Å²) in [5.74, 6) is 0.833. The summed E-state index contributed by atoms with van der Waals surface area (Å²) >= 11 is 0. The molecule has 0 spiro atoms. The minimum absolute atomic E-state index is 0.0776. The SMILES string of the molecule is CC(C)=CCOc1ccc(CO)cc1. The van der Waals surface area contributed by atoms with Gasteiger partial charge in [-0.2, -0.15) is 0 Å². The standard InChI is InChI=1S/C12H16O2/c1-10(2)7-8-14-12-5-3-11(9-13)4-6-12/h3-7,13H,8-9H2,1-2H3. The maximum Gasteiger partial charge on any atom is 0.119 e. The first kappa shape index (κ1) is 10.8. The summed E-state index contributed by atoms with van der Waals surface area (Å²) < 4.78 is 5.46. The van der Waals surface area contributed by atoms with Crippen LogP contribution >= 0.6 is 0 Å². The highest BCUT2D eigenvalue weighted by atomic mass is 16.5. The third-order valence-electron chi connectivity index (χ3n) is 1.85. The van der Waals surface area contributed by atoms with Gasteiger partial charge >= 0.3 is 0 Å². The van der Waals surface area contributed by atoms with E-state index in [1.807, 2.05) is 44.2 Å². The second kappa shape index (κ2) is 5.45. The molecule has 1 aromatic carbocycles. The summed E-state index contributed by atoms with van der Waals surface area (Å²) in [6.07, 6.45) is 2.03. The van der Waals surface area contributed by atoms with Crippen molar-refractivity contribution in [3.8, 4) is 5.75 Å². The zero-order valence-corrected chi connectivity index (χ0v) is 8.66. The Balaban J connectivity index is 2.48. The Labute approximate surface area is 84.8 Å². The Morgan fingerprint density at radius 1 is 1.29 bits per heavy atom. The van der Waals surface area contributed by atoms with Gasteiger partial charge in [-0.25, -0.2) is 0 Å². The number of hydrogen-bond donors (Lipinski definition) is 1. The second-order valence-corrected chi connectivity index (χ2v) is 3.39. The van der Waals surface area contributed by atoms with E-state index in [1.165, 1.54) is 5.57 Å². The summed E-state index contributed by atoms with van der Waals surface area (Å²) in [7, 11) is 0. The number of aliphatic hydroxyl groups is 1. The molecule has 0 fully saturated rings. The van der Waals surface area contributed by atoms with Crippen LogP contribution in [0.5, 0.6) is 5.75 Å². The van der Waals surface area contributed by atoms with Gasteiger partial charge in [-0.15, -0.1) is 0 Å². The molecule has 0 radical (unpaired) electrons. The molecule has 0 unspecified atom stereocenters. The van der Waals surface area contributed by atoms with E-state index in [9.17, 15) is 0 Å². The third-order valence-corrected chi connectivity index (χ3v) is 1.85. The van der Waals surface area contributed by atoms with Crippen LogP contribution < -0.4 is 4.74 Å². The van der Waals surface area contributed by atoms with Crippen LogP contribution in [0.15, 0.2) is 35.9 Å². The lowest BCUT2D eigenvalue weighted by atomic mass is 10.2. The van der Waals surface area contributed by atoms with Gasteiger partial charge in [-0.05, 0) is 37.6 Å². The number of rotatable bonds is 4. The molecule has 0 aliphatic rings. The lowest BCUT2D eigenvalue weighted by molar-refractivity contribution is 0.281. The van der Waals surface area contributed by atoms with Crippen molar-refractivity contribution in [2.75, 3.05) is 6.61 Å². The molecule has 0 atom stereocenters. The van der Waals surface area contributed by atoms with E-state index < -0.39 is 0 Å². The summed E-state index contributed by atoms with van der Waals surface area (Å²) in [4.78, 5) is 0. The molecule has 2 nitrogen and oxygen atoms in total.